The van der Waals surface area contributed by atoms with Crippen LogP contribution in [0.3, 0.4) is 0 Å². The molecule has 3 aliphatic heterocycles. The van der Waals surface area contributed by atoms with E-state index in [1.165, 1.54) is 9.70 Å². The van der Waals surface area contributed by atoms with Gasteiger partial charge in [-0.2, -0.15) is 4.80 Å². The quantitative estimate of drug-likeness (QED) is 0.334. The number of amides is 3. The predicted molar refractivity (Wildman–Crippen MR) is 163 cm³/mol. The number of rotatable bonds is 3. The molecule has 0 aliphatic carbocycles. The van der Waals surface area contributed by atoms with E-state index in [9.17, 15) is 14.4 Å². The molecule has 3 aromatic carbocycles. The number of benzene rings is 3. The monoisotopic (exact) mass is 611 g/mol. The number of aryl methyl sites for hydroxylation is 1. The van der Waals surface area contributed by atoms with Gasteiger partial charge in [-0.05, 0) is 53.1 Å². The molecule has 0 radical (unpaired) electrons. The third-order valence-corrected chi connectivity index (χ3v) is 7.70. The molecule has 1 atom stereocenters. The lowest BCUT2D eigenvalue weighted by atomic mass is 9.84. The number of fused-ring (bicyclic) bond motifs is 11. The molecule has 13 nitrogen and oxygen atoms in total. The number of carbonyl (C=O) groups is 3. The number of aromatic nitrogens is 4. The van der Waals surface area contributed by atoms with E-state index in [1.807, 2.05) is 30.3 Å². The smallest absolute Gasteiger partial charge is 0.254 e. The van der Waals surface area contributed by atoms with Gasteiger partial charge in [-0.15, -0.1) is 10.2 Å². The van der Waals surface area contributed by atoms with E-state index in [0.717, 1.165) is 16.7 Å². The van der Waals surface area contributed by atoms with Crippen molar-refractivity contribution in [2.75, 3.05) is 45.3 Å². The zero-order chi connectivity index (χ0) is 31.3. The molecule has 232 valence electrons. The van der Waals surface area contributed by atoms with Crippen LogP contribution < -0.4 is 24.8 Å². The van der Waals surface area contributed by atoms with Gasteiger partial charge < -0.3 is 29.7 Å². The fourth-order valence-electron chi connectivity index (χ4n) is 5.48. The second-order valence-corrected chi connectivity index (χ2v) is 10.8. The molecule has 0 saturated heterocycles. The third-order valence-electron chi connectivity index (χ3n) is 7.70. The summed E-state index contributed by atoms with van der Waals surface area (Å²) >= 11 is 0. The van der Waals surface area contributed by atoms with Crippen molar-refractivity contribution >= 4 is 23.4 Å². The predicted octanol–water partition coefficient (Wildman–Crippen LogP) is 2.78. The van der Waals surface area contributed by atoms with Crippen molar-refractivity contribution in [1.82, 2.24) is 30.4 Å². The average Bonchev–Trinajstić information content (AvgIpc) is 3.49. The van der Waals surface area contributed by atoms with Crippen molar-refractivity contribution in [3.63, 3.8) is 0 Å². The lowest BCUT2D eigenvalue weighted by Crippen LogP contribution is -2.42. The summed E-state index contributed by atoms with van der Waals surface area (Å²) in [6, 6.07) is 18.1. The molecule has 7 rings (SSSR count). The molecular weight excluding hydrogens is 578 g/mol. The van der Waals surface area contributed by atoms with Crippen LogP contribution in [0.1, 0.15) is 40.2 Å². The molecule has 6 bridgehead atoms. The minimum atomic E-state index is -0.318. The molecule has 0 fully saturated rings. The van der Waals surface area contributed by atoms with Crippen LogP contribution in [0.15, 0.2) is 60.7 Å². The molecule has 1 unspecified atom stereocenters. The third kappa shape index (κ3) is 6.71. The number of hydrogen-bond acceptors (Lipinski definition) is 9. The molecule has 0 spiro atoms. The van der Waals surface area contributed by atoms with Crippen molar-refractivity contribution in [2.24, 2.45) is 7.05 Å². The standard InChI is InChI=1S/C32H33N7O6/c1-38-36-31(35-37-38)20-4-6-21(7-5-20)32(42)39-13-3-14-45-28-16-22(8-11-27(28)43-2)25-18-29(40)34-26-17-23(9-10-24(25)26)44-15-12-33-30(41)19-39/h4-11,16-17,25H,3,12-15,18-19H2,1-2H3,(H,33,41)(H,34,40). The van der Waals surface area contributed by atoms with Gasteiger partial charge in [-0.3, -0.25) is 14.4 Å². The number of tetrazole rings is 1. The Bertz CT molecular complexity index is 1720. The number of ether oxygens (including phenoxy) is 3. The van der Waals surface area contributed by atoms with Gasteiger partial charge in [0.05, 0.1) is 33.9 Å². The highest BCUT2D eigenvalue weighted by Gasteiger charge is 2.28. The highest BCUT2D eigenvalue weighted by molar-refractivity contribution is 5.97. The number of anilines is 1. The van der Waals surface area contributed by atoms with Gasteiger partial charge in [0.25, 0.3) is 5.91 Å². The first-order chi connectivity index (χ1) is 21.9. The van der Waals surface area contributed by atoms with Crippen LogP contribution in [0.4, 0.5) is 5.69 Å². The van der Waals surface area contributed by atoms with Gasteiger partial charge in [0.2, 0.25) is 17.6 Å². The lowest BCUT2D eigenvalue weighted by molar-refractivity contribution is -0.122. The maximum absolute atomic E-state index is 13.6. The van der Waals surface area contributed by atoms with Gasteiger partial charge in [0.15, 0.2) is 11.5 Å². The SMILES string of the molecule is COc1ccc2cc1OCCCN(C(=O)c1ccc(-c3nnn(C)n3)cc1)CC(=O)NCCOc1ccc3c(c1)NC(=O)CC23. The Morgan fingerprint density at radius 2 is 1.84 bits per heavy atom. The van der Waals surface area contributed by atoms with Crippen molar-refractivity contribution in [1.29, 1.82) is 0 Å². The summed E-state index contributed by atoms with van der Waals surface area (Å²) in [5.74, 6) is 1.22. The van der Waals surface area contributed by atoms with Crippen LogP contribution in [0.5, 0.6) is 17.2 Å². The maximum Gasteiger partial charge on any atom is 0.254 e. The van der Waals surface area contributed by atoms with Crippen molar-refractivity contribution in [3.8, 4) is 28.6 Å². The largest absolute Gasteiger partial charge is 0.493 e. The topological polar surface area (TPSA) is 150 Å². The lowest BCUT2D eigenvalue weighted by Gasteiger charge is -2.27. The first-order valence-corrected chi connectivity index (χ1v) is 14.7. The first kappa shape index (κ1) is 29.6. The van der Waals surface area contributed by atoms with Crippen LogP contribution in [0.25, 0.3) is 11.4 Å². The molecule has 0 saturated carbocycles. The van der Waals surface area contributed by atoms with Gasteiger partial charge in [0.1, 0.15) is 12.4 Å². The molecule has 45 heavy (non-hydrogen) atoms. The zero-order valence-corrected chi connectivity index (χ0v) is 25.0. The van der Waals surface area contributed by atoms with Crippen molar-refractivity contribution in [3.05, 3.63) is 77.4 Å². The molecule has 4 aromatic rings. The number of carbonyl (C=O) groups excluding carboxylic acids is 3. The Balaban J connectivity index is 1.24. The second kappa shape index (κ2) is 13.0. The molecular formula is C32H33N7O6. The number of hydrogen-bond donors (Lipinski definition) is 2. The molecule has 4 heterocycles. The fourth-order valence-corrected chi connectivity index (χ4v) is 5.48. The minimum absolute atomic E-state index is 0.0918. The number of methoxy groups -OCH3 is 1. The van der Waals surface area contributed by atoms with Crippen LogP contribution in [-0.2, 0) is 16.6 Å². The van der Waals surface area contributed by atoms with Crippen LogP contribution in [0, 0.1) is 0 Å². The van der Waals surface area contributed by atoms with Crippen LogP contribution in [0.2, 0.25) is 0 Å². The van der Waals surface area contributed by atoms with E-state index in [2.05, 4.69) is 26.0 Å². The summed E-state index contributed by atoms with van der Waals surface area (Å²) in [5.41, 5.74) is 3.71. The van der Waals surface area contributed by atoms with E-state index >= 15 is 0 Å². The Kier molecular flexibility index (Phi) is 8.58. The number of nitrogens with zero attached hydrogens (tertiary/aromatic N) is 5. The van der Waals surface area contributed by atoms with Gasteiger partial charge >= 0.3 is 0 Å². The second-order valence-electron chi connectivity index (χ2n) is 10.8. The van der Waals surface area contributed by atoms with Gasteiger partial charge in [-0.1, -0.05) is 24.3 Å². The Morgan fingerprint density at radius 1 is 1.00 bits per heavy atom. The molecule has 13 heteroatoms. The van der Waals surface area contributed by atoms with E-state index in [0.29, 0.717) is 40.7 Å². The Morgan fingerprint density at radius 3 is 2.62 bits per heavy atom. The zero-order valence-electron chi connectivity index (χ0n) is 25.0. The molecule has 3 aliphatic rings. The fraction of sp³-hybridized carbons (Fsp3) is 0.312. The summed E-state index contributed by atoms with van der Waals surface area (Å²) in [7, 11) is 3.25. The molecule has 1 aromatic heterocycles. The van der Waals surface area contributed by atoms with Crippen LogP contribution in [-0.4, -0.2) is 82.8 Å². The highest BCUT2D eigenvalue weighted by Crippen LogP contribution is 2.41. The summed E-state index contributed by atoms with van der Waals surface area (Å²) in [6.07, 6.45) is 0.743. The van der Waals surface area contributed by atoms with E-state index < -0.39 is 0 Å². The van der Waals surface area contributed by atoms with E-state index in [-0.39, 0.29) is 62.9 Å². The van der Waals surface area contributed by atoms with Gasteiger partial charge in [-0.25, -0.2) is 0 Å². The van der Waals surface area contributed by atoms with Gasteiger partial charge in [0, 0.05) is 41.8 Å². The van der Waals surface area contributed by atoms with Crippen LogP contribution >= 0.6 is 0 Å². The summed E-state index contributed by atoms with van der Waals surface area (Å²) in [5, 5.41) is 17.8. The minimum Gasteiger partial charge on any atom is -0.493 e. The highest BCUT2D eigenvalue weighted by atomic mass is 16.5. The first-order valence-electron chi connectivity index (χ1n) is 14.7. The molecule has 2 N–H and O–H groups in total. The normalized spacial score (nSPS) is 17.1. The number of nitrogens with one attached hydrogen (secondary N) is 2. The Hall–Kier alpha value is -5.46. The Labute approximate surface area is 259 Å². The van der Waals surface area contributed by atoms with E-state index in [1.54, 1.807) is 44.5 Å². The summed E-state index contributed by atoms with van der Waals surface area (Å²) in [6.45, 7) is 0.845. The van der Waals surface area contributed by atoms with Crippen molar-refractivity contribution < 1.29 is 28.6 Å². The average molecular weight is 612 g/mol. The molecule has 3 amide bonds. The summed E-state index contributed by atoms with van der Waals surface area (Å²) < 4.78 is 17.6. The van der Waals surface area contributed by atoms with Crippen molar-refractivity contribution in [2.45, 2.75) is 18.8 Å². The summed E-state index contributed by atoms with van der Waals surface area (Å²) in [4.78, 5) is 42.0. The maximum atomic E-state index is 13.6. The van der Waals surface area contributed by atoms with E-state index in [4.69, 9.17) is 14.2 Å².